The van der Waals surface area contributed by atoms with E-state index in [2.05, 4.69) is 34.1 Å². The van der Waals surface area contributed by atoms with Crippen LogP contribution in [0.3, 0.4) is 0 Å². The lowest BCUT2D eigenvalue weighted by molar-refractivity contribution is 0.272. The van der Waals surface area contributed by atoms with Crippen molar-refractivity contribution in [3.63, 3.8) is 0 Å². The van der Waals surface area contributed by atoms with Crippen molar-refractivity contribution in [1.29, 1.82) is 0 Å². The molecule has 4 heterocycles. The van der Waals surface area contributed by atoms with Crippen LogP contribution in [0, 0.1) is 11.7 Å². The van der Waals surface area contributed by atoms with E-state index in [9.17, 15) is 4.39 Å². The first kappa shape index (κ1) is 17.4. The van der Waals surface area contributed by atoms with Crippen molar-refractivity contribution < 1.29 is 4.39 Å². The van der Waals surface area contributed by atoms with Gasteiger partial charge in [0.1, 0.15) is 5.82 Å². The number of aromatic nitrogens is 2. The lowest BCUT2D eigenvalue weighted by atomic mass is 9.89. The third-order valence-electron chi connectivity index (χ3n) is 6.09. The van der Waals surface area contributed by atoms with Crippen molar-refractivity contribution in [2.75, 3.05) is 13.1 Å². The minimum Gasteiger partial charge on any atom is -0.360 e. The first-order valence-corrected chi connectivity index (χ1v) is 10.00. The molecule has 1 fully saturated rings. The largest absolute Gasteiger partial charge is 0.360 e. The van der Waals surface area contributed by atoms with Crippen LogP contribution in [-0.4, -0.2) is 34.0 Å². The number of H-pyrrole nitrogens is 1. The van der Waals surface area contributed by atoms with E-state index in [4.69, 9.17) is 0 Å². The Morgan fingerprint density at radius 3 is 2.64 bits per heavy atom. The van der Waals surface area contributed by atoms with Gasteiger partial charge >= 0.3 is 0 Å². The summed E-state index contributed by atoms with van der Waals surface area (Å²) in [4.78, 5) is 10.3. The van der Waals surface area contributed by atoms with Crippen LogP contribution in [0.25, 0.3) is 28.0 Å². The number of fused-ring (bicyclic) bond motifs is 1. The Labute approximate surface area is 164 Å². The summed E-state index contributed by atoms with van der Waals surface area (Å²) in [6, 6.07) is 11.5. The third kappa shape index (κ3) is 3.08. The van der Waals surface area contributed by atoms with Crippen LogP contribution in [0.15, 0.2) is 61.1 Å². The van der Waals surface area contributed by atoms with Crippen LogP contribution in [0.4, 0.5) is 4.39 Å². The topological polar surface area (TPSA) is 31.9 Å². The molecule has 2 atom stereocenters. The Morgan fingerprint density at radius 2 is 1.86 bits per heavy atom. The maximum atomic E-state index is 13.4. The van der Waals surface area contributed by atoms with E-state index in [0.29, 0.717) is 6.04 Å². The number of pyridine rings is 1. The van der Waals surface area contributed by atoms with Gasteiger partial charge in [-0.2, -0.15) is 0 Å². The average molecular weight is 373 g/mol. The summed E-state index contributed by atoms with van der Waals surface area (Å²) >= 11 is 0. The highest BCUT2D eigenvalue weighted by atomic mass is 19.1. The molecular formula is C24H24FN3. The first-order chi connectivity index (χ1) is 13.7. The quantitative estimate of drug-likeness (QED) is 0.668. The molecule has 1 N–H and O–H groups in total. The zero-order chi connectivity index (χ0) is 19.1. The fourth-order valence-electron chi connectivity index (χ4n) is 4.80. The molecule has 2 aliphatic rings. The summed E-state index contributed by atoms with van der Waals surface area (Å²) in [6.45, 7) is 4.58. The molecule has 0 amide bonds. The highest BCUT2D eigenvalue weighted by Gasteiger charge is 2.33. The predicted octanol–water partition coefficient (Wildman–Crippen LogP) is 5.38. The van der Waals surface area contributed by atoms with Gasteiger partial charge in [-0.1, -0.05) is 13.0 Å². The van der Waals surface area contributed by atoms with E-state index in [0.717, 1.165) is 35.7 Å². The summed E-state index contributed by atoms with van der Waals surface area (Å²) in [5, 5.41) is 0. The van der Waals surface area contributed by atoms with Gasteiger partial charge in [-0.25, -0.2) is 4.39 Å². The smallest absolute Gasteiger partial charge is 0.123 e. The summed E-state index contributed by atoms with van der Waals surface area (Å²) in [6.07, 6.45) is 10.5. The fraction of sp³-hybridized carbons (Fsp3) is 0.292. The highest BCUT2D eigenvalue weighted by Crippen LogP contribution is 2.42. The third-order valence-corrected chi connectivity index (χ3v) is 6.09. The van der Waals surface area contributed by atoms with Gasteiger partial charge in [0, 0.05) is 48.8 Å². The van der Waals surface area contributed by atoms with Crippen LogP contribution < -0.4 is 0 Å². The van der Waals surface area contributed by atoms with E-state index in [-0.39, 0.29) is 5.82 Å². The molecule has 2 aliphatic heterocycles. The van der Waals surface area contributed by atoms with Crippen LogP contribution in [0.2, 0.25) is 0 Å². The molecule has 5 rings (SSSR count). The molecule has 4 heteroatoms. The monoisotopic (exact) mass is 373 g/mol. The zero-order valence-electron chi connectivity index (χ0n) is 16.0. The van der Waals surface area contributed by atoms with E-state index in [1.54, 1.807) is 0 Å². The van der Waals surface area contributed by atoms with Gasteiger partial charge in [0.25, 0.3) is 0 Å². The van der Waals surface area contributed by atoms with Crippen LogP contribution in [0.1, 0.15) is 25.3 Å². The number of rotatable bonds is 3. The molecule has 1 aromatic carbocycles. The molecule has 28 heavy (non-hydrogen) atoms. The van der Waals surface area contributed by atoms with Crippen molar-refractivity contribution in [1.82, 2.24) is 14.9 Å². The molecule has 3 nitrogen and oxygen atoms in total. The molecule has 0 aliphatic carbocycles. The summed E-state index contributed by atoms with van der Waals surface area (Å²) < 4.78 is 13.4. The fourth-order valence-corrected chi connectivity index (χ4v) is 4.80. The number of nitrogens with one attached hydrogen (secondary N) is 1. The van der Waals surface area contributed by atoms with E-state index in [1.807, 2.05) is 36.7 Å². The van der Waals surface area contributed by atoms with Gasteiger partial charge in [-0.05, 0) is 71.9 Å². The van der Waals surface area contributed by atoms with Crippen LogP contribution in [-0.2, 0) is 0 Å². The molecule has 0 saturated carbocycles. The van der Waals surface area contributed by atoms with Crippen molar-refractivity contribution in [2.45, 2.75) is 25.8 Å². The lowest BCUT2D eigenvalue weighted by Gasteiger charge is -2.29. The van der Waals surface area contributed by atoms with Crippen molar-refractivity contribution in [2.24, 2.45) is 5.92 Å². The second-order valence-electron chi connectivity index (χ2n) is 8.08. The second kappa shape index (κ2) is 7.02. The molecule has 2 aromatic heterocycles. The van der Waals surface area contributed by atoms with Gasteiger partial charge in [0.15, 0.2) is 0 Å². The Bertz CT molecular complexity index is 1000. The molecule has 142 valence electrons. The number of halogens is 1. The van der Waals surface area contributed by atoms with Crippen LogP contribution in [0.5, 0.6) is 0 Å². The number of hydrogen-bond acceptors (Lipinski definition) is 2. The molecule has 0 radical (unpaired) electrons. The minimum absolute atomic E-state index is 0.216. The molecule has 1 saturated heterocycles. The maximum Gasteiger partial charge on any atom is 0.123 e. The molecule has 0 spiro atoms. The van der Waals surface area contributed by atoms with Gasteiger partial charge in [-0.15, -0.1) is 0 Å². The van der Waals surface area contributed by atoms with Crippen molar-refractivity contribution >= 4 is 5.57 Å². The summed E-state index contributed by atoms with van der Waals surface area (Å²) in [7, 11) is 0. The normalized spacial score (nSPS) is 22.1. The number of benzene rings is 1. The average Bonchev–Trinajstić information content (AvgIpc) is 3.31. The summed E-state index contributed by atoms with van der Waals surface area (Å²) in [5.41, 5.74) is 7.00. The second-order valence-corrected chi connectivity index (χ2v) is 8.08. The van der Waals surface area contributed by atoms with Gasteiger partial charge in [-0.3, -0.25) is 9.88 Å². The zero-order valence-corrected chi connectivity index (χ0v) is 16.0. The van der Waals surface area contributed by atoms with E-state index < -0.39 is 0 Å². The SMILES string of the molecule is CC1C[C@@H]2CC(c3c[nH]c(-c4ccc(F)cc4)c3-c3ccncc3)=CCN2C1. The molecular weight excluding hydrogens is 349 g/mol. The molecule has 0 bridgehead atoms. The Kier molecular flexibility index (Phi) is 4.36. The maximum absolute atomic E-state index is 13.4. The lowest BCUT2D eigenvalue weighted by Crippen LogP contribution is -2.33. The Balaban J connectivity index is 1.60. The van der Waals surface area contributed by atoms with Crippen molar-refractivity contribution in [3.05, 3.63) is 72.4 Å². The number of hydrogen-bond donors (Lipinski definition) is 1. The number of aromatic amines is 1. The van der Waals surface area contributed by atoms with Gasteiger partial charge in [0.2, 0.25) is 0 Å². The van der Waals surface area contributed by atoms with Gasteiger partial charge in [0.05, 0.1) is 5.69 Å². The highest BCUT2D eigenvalue weighted by molar-refractivity contribution is 5.91. The number of nitrogens with zero attached hydrogens (tertiary/aromatic N) is 2. The van der Waals surface area contributed by atoms with Crippen LogP contribution >= 0.6 is 0 Å². The standard InChI is InChI=1S/C24H24FN3/c1-16-12-21-13-19(8-11-28(21)15-16)22-14-27-24(18-2-4-20(25)5-3-18)23(22)17-6-9-26-10-7-17/h2-10,14,16,21,27H,11-13,15H2,1H3/t16?,21-/m1/s1. The first-order valence-electron chi connectivity index (χ1n) is 10.00. The van der Waals surface area contributed by atoms with E-state index >= 15 is 0 Å². The minimum atomic E-state index is -0.216. The Morgan fingerprint density at radius 1 is 1.07 bits per heavy atom. The summed E-state index contributed by atoms with van der Waals surface area (Å²) in [5.74, 6) is 0.560. The van der Waals surface area contributed by atoms with Gasteiger partial charge < -0.3 is 4.98 Å². The molecule has 1 unspecified atom stereocenters. The van der Waals surface area contributed by atoms with Crippen molar-refractivity contribution in [3.8, 4) is 22.4 Å². The Hall–Kier alpha value is -2.72. The van der Waals surface area contributed by atoms with E-state index in [1.165, 1.54) is 41.8 Å². The predicted molar refractivity (Wildman–Crippen MR) is 111 cm³/mol. The molecule has 3 aromatic rings.